The minimum Gasteiger partial charge on any atom is -0.485 e. The Balaban J connectivity index is 1.42. The summed E-state index contributed by atoms with van der Waals surface area (Å²) in [5.41, 5.74) is -0.656. The van der Waals surface area contributed by atoms with Crippen molar-refractivity contribution in [2.75, 3.05) is 13.2 Å². The minimum atomic E-state index is -1.35. The van der Waals surface area contributed by atoms with E-state index in [0.717, 1.165) is 5.39 Å². The normalized spacial score (nSPS) is 18.3. The van der Waals surface area contributed by atoms with Gasteiger partial charge in [-0.2, -0.15) is 0 Å². The number of carbonyl (C=O) groups is 1. The lowest BCUT2D eigenvalue weighted by molar-refractivity contribution is -0.131. The molecule has 0 saturated carbocycles. The Labute approximate surface area is 150 Å². The number of nitrogens with one attached hydrogen (secondary N) is 1. The molecular formula is C20H19NO5. The van der Waals surface area contributed by atoms with Crippen LogP contribution in [-0.4, -0.2) is 30.3 Å². The predicted molar refractivity (Wildman–Crippen MR) is 95.1 cm³/mol. The molecule has 0 bridgehead atoms. The SMILES string of the molecule is C[C@@](O)(CNC(=O)[C@@H]1COc2ccccc2O1)c1cc2ccccc2o1. The molecule has 0 saturated heterocycles. The largest absolute Gasteiger partial charge is 0.485 e. The van der Waals surface area contributed by atoms with E-state index in [1.165, 1.54) is 0 Å². The Morgan fingerprint density at radius 2 is 1.92 bits per heavy atom. The van der Waals surface area contributed by atoms with Crippen molar-refractivity contribution in [1.82, 2.24) is 5.32 Å². The van der Waals surface area contributed by atoms with E-state index in [0.29, 0.717) is 22.8 Å². The van der Waals surface area contributed by atoms with Crippen LogP contribution in [0.5, 0.6) is 11.5 Å². The number of furan rings is 1. The fraction of sp³-hybridized carbons (Fsp3) is 0.250. The van der Waals surface area contributed by atoms with E-state index in [1.807, 2.05) is 36.4 Å². The van der Waals surface area contributed by atoms with Crippen molar-refractivity contribution >= 4 is 16.9 Å². The van der Waals surface area contributed by atoms with Gasteiger partial charge in [-0.3, -0.25) is 4.79 Å². The second-order valence-electron chi connectivity index (χ2n) is 6.50. The van der Waals surface area contributed by atoms with Gasteiger partial charge in [0.25, 0.3) is 5.91 Å². The van der Waals surface area contributed by atoms with Crippen molar-refractivity contribution in [3.8, 4) is 11.5 Å². The van der Waals surface area contributed by atoms with Crippen LogP contribution in [0.4, 0.5) is 0 Å². The third kappa shape index (κ3) is 3.11. The first-order chi connectivity index (χ1) is 12.5. The summed E-state index contributed by atoms with van der Waals surface area (Å²) < 4.78 is 16.9. The molecule has 2 atom stereocenters. The van der Waals surface area contributed by atoms with Gasteiger partial charge in [0.15, 0.2) is 11.5 Å². The van der Waals surface area contributed by atoms with Crippen molar-refractivity contribution in [2.24, 2.45) is 0 Å². The van der Waals surface area contributed by atoms with Crippen molar-refractivity contribution in [3.63, 3.8) is 0 Å². The highest BCUT2D eigenvalue weighted by molar-refractivity contribution is 5.82. The molecule has 2 N–H and O–H groups in total. The maximum Gasteiger partial charge on any atom is 0.264 e. The van der Waals surface area contributed by atoms with E-state index in [1.54, 1.807) is 25.1 Å². The summed E-state index contributed by atoms with van der Waals surface area (Å²) in [6.45, 7) is 1.71. The molecule has 0 aliphatic carbocycles. The van der Waals surface area contributed by atoms with Crippen LogP contribution in [0.1, 0.15) is 12.7 Å². The Hall–Kier alpha value is -2.99. The second-order valence-corrected chi connectivity index (χ2v) is 6.50. The number of aliphatic hydroxyl groups is 1. The number of fused-ring (bicyclic) bond motifs is 2. The van der Waals surface area contributed by atoms with E-state index >= 15 is 0 Å². The summed E-state index contributed by atoms with van der Waals surface area (Å²) in [5, 5.41) is 14.3. The van der Waals surface area contributed by atoms with Gasteiger partial charge in [-0.15, -0.1) is 0 Å². The van der Waals surface area contributed by atoms with E-state index in [4.69, 9.17) is 13.9 Å². The molecule has 1 amide bonds. The average Bonchev–Trinajstić information content (AvgIpc) is 3.11. The fourth-order valence-electron chi connectivity index (χ4n) is 2.86. The lowest BCUT2D eigenvalue weighted by Crippen LogP contribution is -2.47. The van der Waals surface area contributed by atoms with E-state index in [2.05, 4.69) is 5.32 Å². The molecule has 1 aliphatic rings. The highest BCUT2D eigenvalue weighted by Gasteiger charge is 2.32. The first-order valence-electron chi connectivity index (χ1n) is 8.40. The molecule has 0 unspecified atom stereocenters. The molecule has 0 fully saturated rings. The minimum absolute atomic E-state index is 0.00678. The first-order valence-corrected chi connectivity index (χ1v) is 8.40. The summed E-state index contributed by atoms with van der Waals surface area (Å²) in [4.78, 5) is 12.4. The van der Waals surface area contributed by atoms with Crippen LogP contribution in [-0.2, 0) is 10.4 Å². The third-order valence-corrected chi connectivity index (χ3v) is 4.36. The van der Waals surface area contributed by atoms with Gasteiger partial charge in [0.1, 0.15) is 23.6 Å². The van der Waals surface area contributed by atoms with Crippen LogP contribution in [0, 0.1) is 0 Å². The average molecular weight is 353 g/mol. The molecule has 6 nitrogen and oxygen atoms in total. The molecule has 1 aliphatic heterocycles. The lowest BCUT2D eigenvalue weighted by atomic mass is 10.0. The van der Waals surface area contributed by atoms with Crippen LogP contribution >= 0.6 is 0 Å². The molecule has 0 radical (unpaired) electrons. The molecule has 1 aromatic heterocycles. The Bertz CT molecular complexity index is 913. The van der Waals surface area contributed by atoms with E-state index in [-0.39, 0.29) is 19.1 Å². The number of ether oxygens (including phenoxy) is 2. The number of para-hydroxylation sites is 3. The van der Waals surface area contributed by atoms with Gasteiger partial charge in [0.2, 0.25) is 6.10 Å². The number of carbonyl (C=O) groups excluding carboxylic acids is 1. The van der Waals surface area contributed by atoms with Gasteiger partial charge in [0, 0.05) is 5.39 Å². The molecular weight excluding hydrogens is 334 g/mol. The molecule has 2 aromatic carbocycles. The van der Waals surface area contributed by atoms with Crippen LogP contribution in [0.2, 0.25) is 0 Å². The zero-order chi connectivity index (χ0) is 18.1. The second kappa shape index (κ2) is 6.38. The van der Waals surface area contributed by atoms with E-state index < -0.39 is 11.7 Å². The van der Waals surface area contributed by atoms with Crippen molar-refractivity contribution < 1.29 is 23.8 Å². The number of amides is 1. The quantitative estimate of drug-likeness (QED) is 0.754. The van der Waals surface area contributed by atoms with Gasteiger partial charge in [-0.25, -0.2) is 0 Å². The summed E-state index contributed by atoms with van der Waals surface area (Å²) in [6, 6.07) is 16.5. The topological polar surface area (TPSA) is 80.9 Å². The molecule has 0 spiro atoms. The van der Waals surface area contributed by atoms with Gasteiger partial charge in [-0.05, 0) is 31.2 Å². The maximum absolute atomic E-state index is 12.4. The van der Waals surface area contributed by atoms with Crippen molar-refractivity contribution in [2.45, 2.75) is 18.6 Å². The van der Waals surface area contributed by atoms with E-state index in [9.17, 15) is 9.90 Å². The third-order valence-electron chi connectivity index (χ3n) is 4.36. The summed E-state index contributed by atoms with van der Waals surface area (Å²) in [7, 11) is 0. The number of benzene rings is 2. The number of hydrogen-bond donors (Lipinski definition) is 2. The lowest BCUT2D eigenvalue weighted by Gasteiger charge is -2.27. The fourth-order valence-corrected chi connectivity index (χ4v) is 2.86. The molecule has 2 heterocycles. The molecule has 3 aromatic rings. The van der Waals surface area contributed by atoms with Gasteiger partial charge < -0.3 is 24.3 Å². The Morgan fingerprint density at radius 1 is 1.19 bits per heavy atom. The molecule has 26 heavy (non-hydrogen) atoms. The maximum atomic E-state index is 12.4. The zero-order valence-electron chi connectivity index (χ0n) is 14.3. The molecule has 134 valence electrons. The highest BCUT2D eigenvalue weighted by atomic mass is 16.6. The van der Waals surface area contributed by atoms with Crippen molar-refractivity contribution in [1.29, 1.82) is 0 Å². The predicted octanol–water partition coefficient (Wildman–Crippen LogP) is 2.60. The number of rotatable bonds is 4. The summed E-state index contributed by atoms with van der Waals surface area (Å²) in [6.07, 6.45) is -0.767. The Morgan fingerprint density at radius 3 is 2.73 bits per heavy atom. The summed E-state index contributed by atoms with van der Waals surface area (Å²) in [5.74, 6) is 1.19. The highest BCUT2D eigenvalue weighted by Crippen LogP contribution is 2.31. The standard InChI is InChI=1S/C20H19NO5/c1-20(23,18-10-13-6-2-3-7-14(13)26-18)12-21-19(22)17-11-24-15-8-4-5-9-16(15)25-17/h2-10,17,23H,11-12H2,1H3,(H,21,22)/t17-,20+/m0/s1. The monoisotopic (exact) mass is 353 g/mol. The van der Waals surface area contributed by atoms with Crippen LogP contribution in [0.15, 0.2) is 59.0 Å². The summed E-state index contributed by atoms with van der Waals surface area (Å²) >= 11 is 0. The molecule has 4 rings (SSSR count). The zero-order valence-corrected chi connectivity index (χ0v) is 14.3. The van der Waals surface area contributed by atoms with Crippen LogP contribution in [0.25, 0.3) is 11.0 Å². The van der Waals surface area contributed by atoms with Crippen LogP contribution < -0.4 is 14.8 Å². The first kappa shape index (κ1) is 16.5. The van der Waals surface area contributed by atoms with Crippen molar-refractivity contribution in [3.05, 3.63) is 60.4 Å². The molecule has 6 heteroatoms. The van der Waals surface area contributed by atoms with Gasteiger partial charge >= 0.3 is 0 Å². The van der Waals surface area contributed by atoms with Crippen LogP contribution in [0.3, 0.4) is 0 Å². The van der Waals surface area contributed by atoms with Gasteiger partial charge in [-0.1, -0.05) is 30.3 Å². The Kier molecular flexibility index (Phi) is 4.05. The number of hydrogen-bond acceptors (Lipinski definition) is 5. The van der Waals surface area contributed by atoms with Gasteiger partial charge in [0.05, 0.1) is 6.54 Å². The smallest absolute Gasteiger partial charge is 0.264 e.